The Hall–Kier alpha value is -2.70. The number of hydrogen-bond donors (Lipinski definition) is 0. The predicted molar refractivity (Wildman–Crippen MR) is 109 cm³/mol. The Morgan fingerprint density at radius 2 is 1.72 bits per heavy atom. The largest absolute Gasteiger partial charge is 0.391 e. The Labute approximate surface area is 170 Å². The number of hydrogen-bond acceptors (Lipinski definition) is 5. The summed E-state index contributed by atoms with van der Waals surface area (Å²) in [6, 6.07) is 19.9. The van der Waals surface area contributed by atoms with E-state index < -0.39 is 0 Å². The van der Waals surface area contributed by atoms with Crippen LogP contribution in [0.2, 0.25) is 0 Å². The van der Waals surface area contributed by atoms with E-state index in [2.05, 4.69) is 17.3 Å². The number of hydroxylamine groups is 2. The first-order valence-corrected chi connectivity index (χ1v) is 10.3. The first kappa shape index (κ1) is 18.3. The summed E-state index contributed by atoms with van der Waals surface area (Å²) < 4.78 is 0. The SMILES string of the molecule is O=C1[C@@H]2[C@H]3CC/C(=N/OCc4ccccc4)[C@H]3ON2CCN1Cc1ccccc1. The number of carbonyl (C=O) groups is 1. The molecule has 2 heterocycles. The van der Waals surface area contributed by atoms with E-state index >= 15 is 0 Å². The number of amides is 1. The summed E-state index contributed by atoms with van der Waals surface area (Å²) in [6.45, 7) is 2.51. The van der Waals surface area contributed by atoms with Crippen molar-refractivity contribution in [1.82, 2.24) is 9.96 Å². The number of piperazine rings is 1. The van der Waals surface area contributed by atoms with Crippen molar-refractivity contribution in [2.24, 2.45) is 11.1 Å². The number of fused-ring (bicyclic) bond motifs is 3. The highest BCUT2D eigenvalue weighted by Crippen LogP contribution is 2.40. The van der Waals surface area contributed by atoms with Gasteiger partial charge in [0, 0.05) is 25.6 Å². The zero-order valence-electron chi connectivity index (χ0n) is 16.3. The standard InChI is InChI=1S/C23H25N3O3/c27-23-21-19-11-12-20(24-28-16-18-9-5-2-6-10-18)22(19)29-26(21)14-13-25(23)15-17-7-3-1-4-8-17/h1-10,19,21-22H,11-16H2/b24-20-/t19-,21+,22+/m1/s1. The first-order valence-electron chi connectivity index (χ1n) is 10.3. The van der Waals surface area contributed by atoms with Crippen LogP contribution in [0.4, 0.5) is 0 Å². The zero-order valence-corrected chi connectivity index (χ0v) is 16.3. The van der Waals surface area contributed by atoms with E-state index in [4.69, 9.17) is 9.68 Å². The number of oxime groups is 1. The van der Waals surface area contributed by atoms with E-state index in [9.17, 15) is 4.79 Å². The van der Waals surface area contributed by atoms with Gasteiger partial charge in [-0.05, 0) is 24.0 Å². The highest BCUT2D eigenvalue weighted by Gasteiger charge is 2.54. The zero-order chi connectivity index (χ0) is 19.6. The molecule has 3 atom stereocenters. The van der Waals surface area contributed by atoms with Crippen LogP contribution in [0.5, 0.6) is 0 Å². The third-order valence-electron chi connectivity index (χ3n) is 6.04. The van der Waals surface area contributed by atoms with Crippen molar-refractivity contribution in [3.8, 4) is 0 Å². The van der Waals surface area contributed by atoms with E-state index in [1.165, 1.54) is 0 Å². The van der Waals surface area contributed by atoms with Gasteiger partial charge in [0.05, 0.1) is 5.71 Å². The fraction of sp³-hybridized carbons (Fsp3) is 0.391. The number of nitrogens with zero attached hydrogens (tertiary/aromatic N) is 3. The smallest absolute Gasteiger partial charge is 0.243 e. The molecule has 29 heavy (non-hydrogen) atoms. The fourth-order valence-corrected chi connectivity index (χ4v) is 4.58. The van der Waals surface area contributed by atoms with Crippen LogP contribution in [-0.2, 0) is 27.6 Å². The maximum Gasteiger partial charge on any atom is 0.243 e. The second kappa shape index (κ2) is 7.97. The molecule has 2 aromatic rings. The Bertz CT molecular complexity index is 887. The predicted octanol–water partition coefficient (Wildman–Crippen LogP) is 3.00. The molecule has 2 saturated heterocycles. The molecule has 2 aliphatic heterocycles. The molecule has 0 bridgehead atoms. The average molecular weight is 391 g/mol. The minimum Gasteiger partial charge on any atom is -0.391 e. The lowest BCUT2D eigenvalue weighted by Gasteiger charge is -2.36. The number of carbonyl (C=O) groups excluding carboxylic acids is 1. The van der Waals surface area contributed by atoms with Gasteiger partial charge in [0.1, 0.15) is 18.8 Å². The highest BCUT2D eigenvalue weighted by molar-refractivity contribution is 5.93. The van der Waals surface area contributed by atoms with Crippen LogP contribution in [0.1, 0.15) is 24.0 Å². The Kier molecular flexibility index (Phi) is 5.04. The van der Waals surface area contributed by atoms with Crippen LogP contribution in [0, 0.1) is 5.92 Å². The van der Waals surface area contributed by atoms with Crippen LogP contribution in [0.25, 0.3) is 0 Å². The molecule has 6 nitrogen and oxygen atoms in total. The molecule has 6 heteroatoms. The van der Waals surface area contributed by atoms with Gasteiger partial charge in [0.15, 0.2) is 0 Å². The lowest BCUT2D eigenvalue weighted by atomic mass is 9.94. The van der Waals surface area contributed by atoms with Gasteiger partial charge < -0.3 is 9.74 Å². The van der Waals surface area contributed by atoms with E-state index in [0.29, 0.717) is 19.7 Å². The normalized spacial score (nSPS) is 27.9. The monoisotopic (exact) mass is 391 g/mol. The second-order valence-electron chi connectivity index (χ2n) is 7.90. The van der Waals surface area contributed by atoms with Gasteiger partial charge >= 0.3 is 0 Å². The van der Waals surface area contributed by atoms with Crippen molar-refractivity contribution < 1.29 is 14.5 Å². The molecule has 1 aliphatic carbocycles. The minimum absolute atomic E-state index is 0.142. The second-order valence-corrected chi connectivity index (χ2v) is 7.90. The Morgan fingerprint density at radius 1 is 1.00 bits per heavy atom. The molecule has 0 aromatic heterocycles. The van der Waals surface area contributed by atoms with E-state index in [1.807, 2.05) is 58.5 Å². The topological polar surface area (TPSA) is 54.4 Å². The minimum atomic E-state index is -0.209. The van der Waals surface area contributed by atoms with Gasteiger partial charge in [0.25, 0.3) is 0 Å². The molecule has 150 valence electrons. The summed E-state index contributed by atoms with van der Waals surface area (Å²) in [5.74, 6) is 0.319. The Balaban J connectivity index is 1.24. The van der Waals surface area contributed by atoms with Gasteiger partial charge in [-0.25, -0.2) is 0 Å². The molecular weight excluding hydrogens is 366 g/mol. The van der Waals surface area contributed by atoms with Gasteiger partial charge in [0.2, 0.25) is 5.91 Å². The molecule has 0 radical (unpaired) electrons. The van der Waals surface area contributed by atoms with Crippen molar-refractivity contribution in [1.29, 1.82) is 0 Å². The van der Waals surface area contributed by atoms with Crippen LogP contribution < -0.4 is 0 Å². The maximum atomic E-state index is 13.2. The van der Waals surface area contributed by atoms with Crippen molar-refractivity contribution in [3.05, 3.63) is 71.8 Å². The lowest BCUT2D eigenvalue weighted by Crippen LogP contribution is -2.55. The fourth-order valence-electron chi connectivity index (χ4n) is 4.58. The van der Waals surface area contributed by atoms with Crippen LogP contribution in [-0.4, -0.2) is 46.8 Å². The molecule has 3 fully saturated rings. The Morgan fingerprint density at radius 3 is 2.48 bits per heavy atom. The van der Waals surface area contributed by atoms with Crippen LogP contribution in [0.15, 0.2) is 65.8 Å². The van der Waals surface area contributed by atoms with Gasteiger partial charge in [-0.15, -0.1) is 0 Å². The molecule has 0 unspecified atom stereocenters. The quantitative estimate of drug-likeness (QED) is 0.736. The van der Waals surface area contributed by atoms with Crippen LogP contribution >= 0.6 is 0 Å². The van der Waals surface area contributed by atoms with E-state index in [-0.39, 0.29) is 24.0 Å². The summed E-state index contributed by atoms with van der Waals surface area (Å²) in [7, 11) is 0. The molecule has 0 spiro atoms. The summed E-state index contributed by atoms with van der Waals surface area (Å²) in [5, 5.41) is 6.25. The maximum absolute atomic E-state index is 13.2. The van der Waals surface area contributed by atoms with Crippen molar-refractivity contribution in [3.63, 3.8) is 0 Å². The van der Waals surface area contributed by atoms with Gasteiger partial charge in [-0.3, -0.25) is 9.63 Å². The number of benzene rings is 2. The lowest BCUT2D eigenvalue weighted by molar-refractivity contribution is -0.182. The first-order chi connectivity index (χ1) is 14.3. The van der Waals surface area contributed by atoms with Crippen molar-refractivity contribution in [2.75, 3.05) is 13.1 Å². The summed E-state index contributed by atoms with van der Waals surface area (Å²) >= 11 is 0. The van der Waals surface area contributed by atoms with Crippen LogP contribution in [0.3, 0.4) is 0 Å². The summed E-state index contributed by atoms with van der Waals surface area (Å²) in [6.07, 6.45) is 1.58. The molecule has 0 N–H and O–H groups in total. The molecule has 1 saturated carbocycles. The number of rotatable bonds is 5. The van der Waals surface area contributed by atoms with Gasteiger partial charge in [-0.2, -0.15) is 5.06 Å². The molecule has 3 aliphatic rings. The van der Waals surface area contributed by atoms with E-state index in [0.717, 1.165) is 36.2 Å². The third kappa shape index (κ3) is 3.66. The van der Waals surface area contributed by atoms with Crippen molar-refractivity contribution in [2.45, 2.75) is 38.1 Å². The molecule has 1 amide bonds. The molecule has 2 aromatic carbocycles. The summed E-state index contributed by atoms with van der Waals surface area (Å²) in [5.41, 5.74) is 3.17. The molecular formula is C23H25N3O3. The highest BCUT2D eigenvalue weighted by atomic mass is 16.7. The van der Waals surface area contributed by atoms with E-state index in [1.54, 1.807) is 0 Å². The van der Waals surface area contributed by atoms with Gasteiger partial charge in [-0.1, -0.05) is 65.8 Å². The molecule has 5 rings (SSSR count). The average Bonchev–Trinajstić information content (AvgIpc) is 3.31. The third-order valence-corrected chi connectivity index (χ3v) is 6.04. The van der Waals surface area contributed by atoms with Crippen molar-refractivity contribution >= 4 is 11.6 Å². The summed E-state index contributed by atoms with van der Waals surface area (Å²) in [4.78, 5) is 26.9.